The lowest BCUT2D eigenvalue weighted by Crippen LogP contribution is -2.60. The summed E-state index contributed by atoms with van der Waals surface area (Å²) in [6, 6.07) is 0. The van der Waals surface area contributed by atoms with Crippen LogP contribution in [0.2, 0.25) is 0 Å². The summed E-state index contributed by atoms with van der Waals surface area (Å²) in [5.74, 6) is 1.08. The van der Waals surface area contributed by atoms with Crippen LogP contribution >= 0.6 is 24.0 Å². The number of hydrogen-bond donors (Lipinski definition) is 2. The maximum absolute atomic E-state index is 11.5. The lowest BCUT2D eigenvalue weighted by atomic mass is 9.80. The van der Waals surface area contributed by atoms with Crippen LogP contribution in [-0.2, 0) is 9.53 Å². The normalized spacial score (nSPS) is 23.5. The van der Waals surface area contributed by atoms with E-state index in [1.165, 1.54) is 32.1 Å². The first-order valence-corrected chi connectivity index (χ1v) is 11.4. The number of morpholine rings is 1. The highest BCUT2D eigenvalue weighted by Gasteiger charge is 2.38. The monoisotopic (exact) mass is 536 g/mol. The Morgan fingerprint density at radius 2 is 1.67 bits per heavy atom. The van der Waals surface area contributed by atoms with Crippen molar-refractivity contribution in [2.24, 2.45) is 4.99 Å². The van der Waals surface area contributed by atoms with Crippen LogP contribution < -0.4 is 10.6 Å². The summed E-state index contributed by atoms with van der Waals surface area (Å²) in [5, 5.41) is 7.11. The van der Waals surface area contributed by atoms with Gasteiger partial charge in [0.05, 0.1) is 13.2 Å². The summed E-state index contributed by atoms with van der Waals surface area (Å²) < 4.78 is 5.59. The third-order valence-corrected chi connectivity index (χ3v) is 6.81. The number of guanidine groups is 1. The second-order valence-corrected chi connectivity index (χ2v) is 8.58. The van der Waals surface area contributed by atoms with Crippen molar-refractivity contribution in [2.45, 2.75) is 44.6 Å². The maximum atomic E-state index is 11.5. The molecule has 1 amide bonds. The van der Waals surface area contributed by atoms with E-state index in [1.54, 1.807) is 6.92 Å². The quantitative estimate of drug-likeness (QED) is 0.300. The Hall–Kier alpha value is -0.650. The maximum Gasteiger partial charge on any atom is 0.219 e. The van der Waals surface area contributed by atoms with Crippen molar-refractivity contribution in [3.05, 3.63) is 0 Å². The zero-order valence-corrected chi connectivity index (χ0v) is 21.2. The van der Waals surface area contributed by atoms with Gasteiger partial charge in [-0.25, -0.2) is 0 Å². The van der Waals surface area contributed by atoms with Gasteiger partial charge in [-0.2, -0.15) is 0 Å². The fourth-order valence-electron chi connectivity index (χ4n) is 4.94. The lowest BCUT2D eigenvalue weighted by molar-refractivity contribution is -0.130. The van der Waals surface area contributed by atoms with Gasteiger partial charge in [-0.1, -0.05) is 19.3 Å². The molecule has 0 radical (unpaired) electrons. The van der Waals surface area contributed by atoms with E-state index in [0.29, 0.717) is 0 Å². The Kier molecular flexibility index (Phi) is 11.1. The number of piperazine rings is 1. The van der Waals surface area contributed by atoms with Gasteiger partial charge in [0.2, 0.25) is 5.91 Å². The number of amides is 1. The minimum Gasteiger partial charge on any atom is -0.379 e. The zero-order chi connectivity index (χ0) is 20.5. The number of hydrogen-bond acceptors (Lipinski definition) is 5. The summed E-state index contributed by atoms with van der Waals surface area (Å²) >= 11 is 0. The molecule has 2 aliphatic heterocycles. The average Bonchev–Trinajstić information content (AvgIpc) is 2.77. The van der Waals surface area contributed by atoms with Gasteiger partial charge in [0, 0.05) is 78.4 Å². The van der Waals surface area contributed by atoms with Crippen LogP contribution in [0.3, 0.4) is 0 Å². The van der Waals surface area contributed by atoms with Gasteiger partial charge in [-0.3, -0.25) is 19.6 Å². The Morgan fingerprint density at radius 3 is 2.27 bits per heavy atom. The molecule has 9 heteroatoms. The lowest BCUT2D eigenvalue weighted by Gasteiger charge is -2.48. The van der Waals surface area contributed by atoms with Gasteiger partial charge in [-0.05, 0) is 12.8 Å². The van der Waals surface area contributed by atoms with Crippen molar-refractivity contribution in [3.63, 3.8) is 0 Å². The molecule has 0 atom stereocenters. The number of aliphatic imine (C=N–C) groups is 1. The van der Waals surface area contributed by atoms with Gasteiger partial charge >= 0.3 is 0 Å². The molecular weight excluding hydrogens is 495 g/mol. The van der Waals surface area contributed by atoms with Crippen LogP contribution in [0.4, 0.5) is 0 Å². The van der Waals surface area contributed by atoms with Crippen molar-refractivity contribution < 1.29 is 9.53 Å². The molecule has 1 aliphatic carbocycles. The standard InChI is InChI=1S/C21H40N6O2.HI/c1-19(28)26-12-10-25(11-13-26)9-8-23-20(22-2)24-18-21(6-4-3-5-7-21)27-14-16-29-17-15-27;/h3-18H2,1-2H3,(H2,22,23,24);1H. The summed E-state index contributed by atoms with van der Waals surface area (Å²) in [6.07, 6.45) is 6.51. The largest absolute Gasteiger partial charge is 0.379 e. The van der Waals surface area contributed by atoms with Crippen LogP contribution in [0.5, 0.6) is 0 Å². The second kappa shape index (κ2) is 13.0. The van der Waals surface area contributed by atoms with Gasteiger partial charge in [-0.15, -0.1) is 24.0 Å². The number of ether oxygens (including phenoxy) is 1. The first-order chi connectivity index (χ1) is 14.1. The van der Waals surface area contributed by atoms with E-state index in [-0.39, 0.29) is 35.4 Å². The molecule has 3 aliphatic rings. The number of carbonyl (C=O) groups is 1. The zero-order valence-electron chi connectivity index (χ0n) is 18.8. The molecule has 3 rings (SSSR count). The van der Waals surface area contributed by atoms with Crippen molar-refractivity contribution in [1.82, 2.24) is 25.3 Å². The van der Waals surface area contributed by atoms with Crippen LogP contribution in [0.15, 0.2) is 4.99 Å². The molecule has 0 spiro atoms. The summed E-state index contributed by atoms with van der Waals surface area (Å²) in [6.45, 7) is 11.8. The Bertz CT molecular complexity index is 542. The van der Waals surface area contributed by atoms with Crippen molar-refractivity contribution in [1.29, 1.82) is 0 Å². The highest BCUT2D eigenvalue weighted by Crippen LogP contribution is 2.33. The predicted molar refractivity (Wildman–Crippen MR) is 132 cm³/mol. The molecule has 0 unspecified atom stereocenters. The fourth-order valence-corrected chi connectivity index (χ4v) is 4.94. The highest BCUT2D eigenvalue weighted by atomic mass is 127. The van der Waals surface area contributed by atoms with Crippen LogP contribution in [-0.4, -0.2) is 111 Å². The SMILES string of the molecule is CN=C(NCCN1CCN(C(C)=O)CC1)NCC1(N2CCOCC2)CCCCC1.I. The first kappa shape index (κ1) is 25.6. The number of halogens is 1. The average molecular weight is 537 g/mol. The fraction of sp³-hybridized carbons (Fsp3) is 0.905. The molecule has 174 valence electrons. The third kappa shape index (κ3) is 7.20. The van der Waals surface area contributed by atoms with Gasteiger partial charge in [0.25, 0.3) is 0 Å². The van der Waals surface area contributed by atoms with Crippen LogP contribution in [0.25, 0.3) is 0 Å². The van der Waals surface area contributed by atoms with Crippen molar-refractivity contribution in [3.8, 4) is 0 Å². The summed E-state index contributed by atoms with van der Waals surface area (Å²) in [7, 11) is 1.85. The molecule has 2 saturated heterocycles. The Balaban J connectivity index is 0.00000320. The Morgan fingerprint density at radius 1 is 1.00 bits per heavy atom. The van der Waals surface area contributed by atoms with Crippen LogP contribution in [0.1, 0.15) is 39.0 Å². The number of rotatable bonds is 6. The summed E-state index contributed by atoms with van der Waals surface area (Å²) in [4.78, 5) is 22.9. The van der Waals surface area contributed by atoms with Gasteiger partial charge < -0.3 is 20.3 Å². The van der Waals surface area contributed by atoms with Gasteiger partial charge in [0.1, 0.15) is 0 Å². The summed E-state index contributed by atoms with van der Waals surface area (Å²) in [5.41, 5.74) is 0.239. The molecule has 0 aromatic heterocycles. The predicted octanol–water partition coefficient (Wildman–Crippen LogP) is 0.969. The van der Waals surface area contributed by atoms with Gasteiger partial charge in [0.15, 0.2) is 5.96 Å². The van der Waals surface area contributed by atoms with E-state index in [4.69, 9.17) is 4.74 Å². The van der Waals surface area contributed by atoms with Crippen LogP contribution in [0, 0.1) is 0 Å². The molecule has 1 saturated carbocycles. The molecule has 0 aromatic rings. The second-order valence-electron chi connectivity index (χ2n) is 8.58. The van der Waals surface area contributed by atoms with E-state index in [2.05, 4.69) is 25.4 Å². The molecule has 2 N–H and O–H groups in total. The molecule has 3 fully saturated rings. The Labute approximate surface area is 199 Å². The van der Waals surface area contributed by atoms with Crippen molar-refractivity contribution >= 4 is 35.8 Å². The molecule has 8 nitrogen and oxygen atoms in total. The van der Waals surface area contributed by atoms with E-state index in [9.17, 15) is 4.79 Å². The molecule has 2 heterocycles. The molecule has 0 aromatic carbocycles. The van der Waals surface area contributed by atoms with E-state index in [1.807, 2.05) is 11.9 Å². The van der Waals surface area contributed by atoms with E-state index < -0.39 is 0 Å². The van der Waals surface area contributed by atoms with E-state index >= 15 is 0 Å². The third-order valence-electron chi connectivity index (χ3n) is 6.81. The molecule has 0 bridgehead atoms. The molecular formula is C21H41IN6O2. The molecule has 30 heavy (non-hydrogen) atoms. The minimum atomic E-state index is 0. The first-order valence-electron chi connectivity index (χ1n) is 11.4. The highest BCUT2D eigenvalue weighted by molar-refractivity contribution is 14.0. The van der Waals surface area contributed by atoms with Crippen molar-refractivity contribution in [2.75, 3.05) is 79.2 Å². The smallest absolute Gasteiger partial charge is 0.219 e. The number of carbonyl (C=O) groups excluding carboxylic acids is 1. The number of nitrogens with zero attached hydrogens (tertiary/aromatic N) is 4. The number of nitrogens with one attached hydrogen (secondary N) is 2. The van der Waals surface area contributed by atoms with E-state index in [0.717, 1.165) is 78.1 Å². The topological polar surface area (TPSA) is 72.4 Å². The minimum absolute atomic E-state index is 0.